The first-order valence-corrected chi connectivity index (χ1v) is 6.60. The van der Waals surface area contributed by atoms with Crippen LogP contribution in [0.15, 0.2) is 24.3 Å². The molecular weight excluding hydrogens is 210 g/mol. The van der Waals surface area contributed by atoms with Crippen LogP contribution in [0.1, 0.15) is 56.3 Å². The fraction of sp³-hybridized carbons (Fsp3) is 0.533. The Morgan fingerprint density at radius 3 is 2.29 bits per heavy atom. The van der Waals surface area contributed by atoms with Gasteiger partial charge in [-0.3, -0.25) is 4.79 Å². The van der Waals surface area contributed by atoms with E-state index in [1.807, 2.05) is 31.2 Å². The quantitative estimate of drug-likeness (QED) is 0.775. The Labute approximate surface area is 103 Å². The van der Waals surface area contributed by atoms with Crippen LogP contribution in [0.2, 0.25) is 0 Å². The van der Waals surface area contributed by atoms with E-state index in [9.17, 15) is 4.79 Å². The summed E-state index contributed by atoms with van der Waals surface area (Å²) >= 11 is 0. The second-order valence-electron chi connectivity index (χ2n) is 4.97. The van der Waals surface area contributed by atoms with Crippen molar-refractivity contribution in [1.29, 1.82) is 0 Å². The van der Waals surface area contributed by atoms with E-state index in [1.54, 1.807) is 0 Å². The highest BCUT2D eigenvalue weighted by molar-refractivity contribution is 5.96. The molecule has 0 aliphatic heterocycles. The number of hydrogen-bond acceptors (Lipinski definition) is 2. The number of carbonyl (C=O) groups is 1. The van der Waals surface area contributed by atoms with E-state index >= 15 is 0 Å². The Hall–Kier alpha value is -1.31. The molecule has 2 nitrogen and oxygen atoms in total. The minimum atomic E-state index is 0.213. The summed E-state index contributed by atoms with van der Waals surface area (Å²) in [6.45, 7) is 4.13. The Morgan fingerprint density at radius 1 is 1.24 bits per heavy atom. The highest BCUT2D eigenvalue weighted by Gasteiger charge is 2.34. The van der Waals surface area contributed by atoms with Crippen LogP contribution < -0.4 is 5.32 Å². The van der Waals surface area contributed by atoms with Crippen molar-refractivity contribution in [3.63, 3.8) is 0 Å². The number of nitrogens with one attached hydrogen (secondary N) is 1. The van der Waals surface area contributed by atoms with Gasteiger partial charge >= 0.3 is 0 Å². The van der Waals surface area contributed by atoms with Gasteiger partial charge in [0.2, 0.25) is 0 Å². The lowest BCUT2D eigenvalue weighted by atomic mass is 9.74. The third-order valence-corrected chi connectivity index (χ3v) is 3.92. The topological polar surface area (TPSA) is 29.1 Å². The standard InChI is InChI=1S/C15H21NO/c1-3-14(17)12-6-8-13(9-7-12)16-15(4-2)10-5-11-15/h6-9,16H,3-5,10-11H2,1-2H3. The number of benzene rings is 1. The molecule has 1 aliphatic rings. The van der Waals surface area contributed by atoms with Gasteiger partial charge in [-0.25, -0.2) is 0 Å². The van der Waals surface area contributed by atoms with Gasteiger partial charge in [0.05, 0.1) is 0 Å². The predicted octanol–water partition coefficient (Wildman–Crippen LogP) is 4.02. The molecule has 1 aromatic rings. The summed E-state index contributed by atoms with van der Waals surface area (Å²) in [5, 5.41) is 3.61. The maximum absolute atomic E-state index is 11.5. The van der Waals surface area contributed by atoms with Crippen LogP contribution in [0.25, 0.3) is 0 Å². The molecule has 1 aliphatic carbocycles. The monoisotopic (exact) mass is 231 g/mol. The summed E-state index contributed by atoms with van der Waals surface area (Å²) < 4.78 is 0. The molecule has 1 saturated carbocycles. The first-order chi connectivity index (χ1) is 8.19. The molecule has 0 heterocycles. The van der Waals surface area contributed by atoms with E-state index in [0.717, 1.165) is 11.3 Å². The largest absolute Gasteiger partial charge is 0.380 e. The zero-order valence-electron chi connectivity index (χ0n) is 10.8. The lowest BCUT2D eigenvalue weighted by Gasteiger charge is -2.43. The molecule has 0 bridgehead atoms. The van der Waals surface area contributed by atoms with Crippen LogP contribution >= 0.6 is 0 Å². The molecule has 2 heteroatoms. The van der Waals surface area contributed by atoms with Crippen molar-refractivity contribution in [3.8, 4) is 0 Å². The fourth-order valence-corrected chi connectivity index (χ4v) is 2.42. The SMILES string of the molecule is CCC(=O)c1ccc(NC2(CC)CCC2)cc1. The summed E-state index contributed by atoms with van der Waals surface area (Å²) in [5.41, 5.74) is 2.27. The Balaban J connectivity index is 2.05. The molecule has 0 radical (unpaired) electrons. The molecule has 0 aromatic heterocycles. The highest BCUT2D eigenvalue weighted by atomic mass is 16.1. The maximum atomic E-state index is 11.5. The number of ketones is 1. The fourth-order valence-electron chi connectivity index (χ4n) is 2.42. The average molecular weight is 231 g/mol. The molecule has 1 N–H and O–H groups in total. The third kappa shape index (κ3) is 2.51. The average Bonchev–Trinajstić information content (AvgIpc) is 2.33. The second-order valence-corrected chi connectivity index (χ2v) is 4.97. The summed E-state index contributed by atoms with van der Waals surface area (Å²) in [7, 11) is 0. The van der Waals surface area contributed by atoms with Crippen LogP contribution in [0.4, 0.5) is 5.69 Å². The van der Waals surface area contributed by atoms with Crippen molar-refractivity contribution < 1.29 is 4.79 Å². The van der Waals surface area contributed by atoms with Gasteiger partial charge in [-0.05, 0) is 49.9 Å². The molecule has 17 heavy (non-hydrogen) atoms. The van der Waals surface area contributed by atoms with E-state index in [-0.39, 0.29) is 5.78 Å². The predicted molar refractivity (Wildman–Crippen MR) is 71.6 cm³/mol. The van der Waals surface area contributed by atoms with E-state index < -0.39 is 0 Å². The van der Waals surface area contributed by atoms with Crippen molar-refractivity contribution in [3.05, 3.63) is 29.8 Å². The molecule has 1 fully saturated rings. The van der Waals surface area contributed by atoms with Crippen molar-refractivity contribution in [1.82, 2.24) is 0 Å². The number of hydrogen-bond donors (Lipinski definition) is 1. The first-order valence-electron chi connectivity index (χ1n) is 6.60. The molecular formula is C15H21NO. The molecule has 0 unspecified atom stereocenters. The van der Waals surface area contributed by atoms with Crippen molar-refractivity contribution in [2.24, 2.45) is 0 Å². The normalized spacial score (nSPS) is 17.3. The number of Topliss-reactive ketones (excluding diaryl/α,β-unsaturated/α-hetero) is 1. The summed E-state index contributed by atoms with van der Waals surface area (Å²) in [6.07, 6.45) is 5.60. The van der Waals surface area contributed by atoms with E-state index in [4.69, 9.17) is 0 Å². The van der Waals surface area contributed by atoms with Crippen LogP contribution in [0.3, 0.4) is 0 Å². The van der Waals surface area contributed by atoms with Gasteiger partial charge in [-0.15, -0.1) is 0 Å². The van der Waals surface area contributed by atoms with Crippen LogP contribution in [-0.4, -0.2) is 11.3 Å². The van der Waals surface area contributed by atoms with Gasteiger partial charge < -0.3 is 5.32 Å². The number of rotatable bonds is 5. The molecule has 0 saturated heterocycles. The number of carbonyl (C=O) groups excluding carboxylic acids is 1. The van der Waals surface area contributed by atoms with Gasteiger partial charge in [0, 0.05) is 23.2 Å². The van der Waals surface area contributed by atoms with Crippen LogP contribution in [0.5, 0.6) is 0 Å². The summed E-state index contributed by atoms with van der Waals surface area (Å²) in [6, 6.07) is 7.91. The van der Waals surface area contributed by atoms with E-state index in [0.29, 0.717) is 12.0 Å². The number of anilines is 1. The lowest BCUT2D eigenvalue weighted by molar-refractivity contribution is 0.0988. The van der Waals surface area contributed by atoms with E-state index in [2.05, 4.69) is 12.2 Å². The minimum absolute atomic E-state index is 0.213. The smallest absolute Gasteiger partial charge is 0.162 e. The van der Waals surface area contributed by atoms with Crippen molar-refractivity contribution >= 4 is 11.5 Å². The van der Waals surface area contributed by atoms with Gasteiger partial charge in [0.15, 0.2) is 5.78 Å². The Bertz CT molecular complexity index is 384. The van der Waals surface area contributed by atoms with Gasteiger partial charge in [0.1, 0.15) is 0 Å². The lowest BCUT2D eigenvalue weighted by Crippen LogP contribution is -2.44. The zero-order valence-corrected chi connectivity index (χ0v) is 10.8. The molecule has 0 atom stereocenters. The third-order valence-electron chi connectivity index (χ3n) is 3.92. The summed E-state index contributed by atoms with van der Waals surface area (Å²) in [4.78, 5) is 11.5. The highest BCUT2D eigenvalue weighted by Crippen LogP contribution is 2.37. The second kappa shape index (κ2) is 4.91. The van der Waals surface area contributed by atoms with Gasteiger partial charge in [-0.1, -0.05) is 13.8 Å². The van der Waals surface area contributed by atoms with Crippen LogP contribution in [0, 0.1) is 0 Å². The minimum Gasteiger partial charge on any atom is -0.380 e. The Kier molecular flexibility index (Phi) is 3.51. The zero-order chi connectivity index (χ0) is 12.3. The van der Waals surface area contributed by atoms with Crippen LogP contribution in [-0.2, 0) is 0 Å². The maximum Gasteiger partial charge on any atom is 0.162 e. The molecule has 2 rings (SSSR count). The molecule has 1 aromatic carbocycles. The Morgan fingerprint density at radius 2 is 1.88 bits per heavy atom. The molecule has 0 spiro atoms. The molecule has 0 amide bonds. The van der Waals surface area contributed by atoms with Gasteiger partial charge in [-0.2, -0.15) is 0 Å². The van der Waals surface area contributed by atoms with Crippen molar-refractivity contribution in [2.45, 2.75) is 51.5 Å². The molecule has 92 valence electrons. The van der Waals surface area contributed by atoms with Gasteiger partial charge in [0.25, 0.3) is 0 Å². The van der Waals surface area contributed by atoms with Crippen molar-refractivity contribution in [2.75, 3.05) is 5.32 Å². The summed E-state index contributed by atoms with van der Waals surface area (Å²) in [5.74, 6) is 0.213. The van der Waals surface area contributed by atoms with E-state index in [1.165, 1.54) is 25.7 Å². The first kappa shape index (κ1) is 12.2.